The highest BCUT2D eigenvalue weighted by Crippen LogP contribution is 2.15. The van der Waals surface area contributed by atoms with Crippen molar-refractivity contribution >= 4 is 11.9 Å². The molecule has 0 spiro atoms. The molecule has 1 unspecified atom stereocenters. The van der Waals surface area contributed by atoms with E-state index in [1.54, 1.807) is 0 Å². The molecule has 0 fully saturated rings. The Labute approximate surface area is 349 Å². The van der Waals surface area contributed by atoms with E-state index in [1.165, 1.54) is 180 Å². The van der Waals surface area contributed by atoms with Crippen LogP contribution in [0.2, 0.25) is 0 Å². The summed E-state index contributed by atoms with van der Waals surface area (Å²) in [6.07, 6.45) is 54.7. The van der Waals surface area contributed by atoms with Crippen molar-refractivity contribution < 1.29 is 23.8 Å². The Morgan fingerprint density at radius 1 is 0.375 bits per heavy atom. The van der Waals surface area contributed by atoms with Gasteiger partial charge in [-0.25, -0.2) is 0 Å². The number of unbranched alkanes of at least 4 members (excludes halogenated alkanes) is 31. The van der Waals surface area contributed by atoms with Gasteiger partial charge in [0.15, 0.2) is 6.10 Å². The van der Waals surface area contributed by atoms with Gasteiger partial charge in [-0.2, -0.15) is 0 Å². The van der Waals surface area contributed by atoms with E-state index < -0.39 is 6.10 Å². The molecule has 0 rings (SSSR count). The normalized spacial score (nSPS) is 12.3. The molecule has 0 saturated heterocycles. The molecule has 5 heteroatoms. The van der Waals surface area contributed by atoms with Gasteiger partial charge in [0.25, 0.3) is 0 Å². The summed E-state index contributed by atoms with van der Waals surface area (Å²) in [6, 6.07) is 0. The molecule has 1 atom stereocenters. The van der Waals surface area contributed by atoms with E-state index in [1.807, 2.05) is 0 Å². The number of esters is 2. The second-order valence-electron chi connectivity index (χ2n) is 16.7. The zero-order chi connectivity index (χ0) is 40.7. The average molecular weight is 789 g/mol. The third-order valence-corrected chi connectivity index (χ3v) is 11.0. The van der Waals surface area contributed by atoms with Gasteiger partial charge in [0, 0.05) is 19.4 Å². The monoisotopic (exact) mass is 789 g/mol. The van der Waals surface area contributed by atoms with Crippen molar-refractivity contribution in [3.63, 3.8) is 0 Å². The molecule has 0 aliphatic heterocycles. The number of hydrogen-bond donors (Lipinski definition) is 0. The zero-order valence-corrected chi connectivity index (χ0v) is 37.9. The lowest BCUT2D eigenvalue weighted by Crippen LogP contribution is -2.30. The smallest absolute Gasteiger partial charge is 0.306 e. The number of hydrogen-bond acceptors (Lipinski definition) is 5. The maximum absolute atomic E-state index is 12.7. The second-order valence-corrected chi connectivity index (χ2v) is 16.7. The lowest BCUT2D eigenvalue weighted by molar-refractivity contribution is -0.163. The molecular weight excluding hydrogens is 693 g/mol. The van der Waals surface area contributed by atoms with Crippen LogP contribution in [0.5, 0.6) is 0 Å². The standard InChI is InChI=1S/C51H96O5/c1-4-7-10-13-16-19-22-23-24-25-26-27-28-31-34-37-40-43-46-54-47-49(56-51(53)45-42-39-36-33-30-21-18-15-12-9-6-3)48-55-50(52)44-41-38-35-32-29-20-17-14-11-8-5-2/h14,17,23-24,49H,4-13,15-16,18-22,25-48H2,1-3H3/b17-14-,24-23-. The van der Waals surface area contributed by atoms with Gasteiger partial charge in [-0.1, -0.05) is 212 Å². The first-order valence-corrected chi connectivity index (χ1v) is 24.9. The summed E-state index contributed by atoms with van der Waals surface area (Å²) in [6.45, 7) is 7.80. The molecule has 0 heterocycles. The minimum absolute atomic E-state index is 0.0854. The number of carbonyl (C=O) groups excluding carboxylic acids is 2. The highest BCUT2D eigenvalue weighted by atomic mass is 16.6. The third kappa shape index (κ3) is 45.1. The van der Waals surface area contributed by atoms with Crippen molar-refractivity contribution in [1.82, 2.24) is 0 Å². The van der Waals surface area contributed by atoms with E-state index in [0.29, 0.717) is 19.4 Å². The summed E-state index contributed by atoms with van der Waals surface area (Å²) in [5.74, 6) is -0.398. The van der Waals surface area contributed by atoms with Crippen molar-refractivity contribution in [2.24, 2.45) is 0 Å². The van der Waals surface area contributed by atoms with Gasteiger partial charge in [0.1, 0.15) is 6.61 Å². The number of rotatable bonds is 46. The zero-order valence-electron chi connectivity index (χ0n) is 37.9. The fourth-order valence-electron chi connectivity index (χ4n) is 7.19. The molecule has 0 aromatic heterocycles. The first kappa shape index (κ1) is 54.4. The lowest BCUT2D eigenvalue weighted by Gasteiger charge is -2.18. The summed E-state index contributed by atoms with van der Waals surface area (Å²) in [7, 11) is 0. The van der Waals surface area contributed by atoms with Crippen molar-refractivity contribution in [3.8, 4) is 0 Å². The van der Waals surface area contributed by atoms with Crippen LogP contribution in [0.3, 0.4) is 0 Å². The van der Waals surface area contributed by atoms with Crippen LogP contribution in [-0.4, -0.2) is 37.9 Å². The summed E-state index contributed by atoms with van der Waals surface area (Å²) in [5, 5.41) is 0. The predicted octanol–water partition coefficient (Wildman–Crippen LogP) is 16.5. The summed E-state index contributed by atoms with van der Waals surface area (Å²) in [4.78, 5) is 25.2. The van der Waals surface area contributed by atoms with Crippen LogP contribution < -0.4 is 0 Å². The Hall–Kier alpha value is -1.62. The van der Waals surface area contributed by atoms with Gasteiger partial charge in [-0.15, -0.1) is 0 Å². The SMILES string of the molecule is CCCC/C=C\CCCCCCCC(=O)OCC(COCCCCCCCCCC/C=C\CCCCCCCC)OC(=O)CCCCCCCCCCCCC. The van der Waals surface area contributed by atoms with Crippen molar-refractivity contribution in [2.45, 2.75) is 271 Å². The van der Waals surface area contributed by atoms with E-state index in [2.05, 4.69) is 45.1 Å². The molecule has 0 aromatic rings. The molecule has 0 amide bonds. The molecule has 0 N–H and O–H groups in total. The summed E-state index contributed by atoms with van der Waals surface area (Å²) < 4.78 is 17.3. The highest BCUT2D eigenvalue weighted by molar-refractivity contribution is 5.70. The van der Waals surface area contributed by atoms with Gasteiger partial charge in [0.2, 0.25) is 0 Å². The fraction of sp³-hybridized carbons (Fsp3) is 0.882. The molecule has 56 heavy (non-hydrogen) atoms. The molecule has 0 aliphatic rings. The first-order valence-electron chi connectivity index (χ1n) is 24.9. The molecule has 0 bridgehead atoms. The van der Waals surface area contributed by atoms with Crippen LogP contribution >= 0.6 is 0 Å². The molecule has 5 nitrogen and oxygen atoms in total. The predicted molar refractivity (Wildman–Crippen MR) is 242 cm³/mol. The molecule has 0 radical (unpaired) electrons. The van der Waals surface area contributed by atoms with Crippen LogP contribution in [0.25, 0.3) is 0 Å². The highest BCUT2D eigenvalue weighted by Gasteiger charge is 2.17. The van der Waals surface area contributed by atoms with Gasteiger partial charge in [-0.05, 0) is 64.2 Å². The average Bonchev–Trinajstić information content (AvgIpc) is 3.20. The van der Waals surface area contributed by atoms with E-state index in [-0.39, 0.29) is 25.2 Å². The van der Waals surface area contributed by atoms with Gasteiger partial charge >= 0.3 is 11.9 Å². The van der Waals surface area contributed by atoms with Crippen LogP contribution in [0.1, 0.15) is 265 Å². The van der Waals surface area contributed by atoms with Crippen LogP contribution in [0.15, 0.2) is 24.3 Å². The topological polar surface area (TPSA) is 61.8 Å². The Kier molecular flexibility index (Phi) is 46.4. The fourth-order valence-corrected chi connectivity index (χ4v) is 7.19. The summed E-state index contributed by atoms with van der Waals surface area (Å²) in [5.41, 5.74) is 0. The molecule has 330 valence electrons. The maximum Gasteiger partial charge on any atom is 0.306 e. The van der Waals surface area contributed by atoms with Crippen LogP contribution in [-0.2, 0) is 23.8 Å². The van der Waals surface area contributed by atoms with E-state index >= 15 is 0 Å². The van der Waals surface area contributed by atoms with Crippen LogP contribution in [0.4, 0.5) is 0 Å². The van der Waals surface area contributed by atoms with Gasteiger partial charge in [0.05, 0.1) is 6.61 Å². The Bertz CT molecular complexity index is 851. The molecular formula is C51H96O5. The summed E-state index contributed by atoms with van der Waals surface area (Å²) >= 11 is 0. The molecule has 0 aliphatic carbocycles. The first-order chi connectivity index (χ1) is 27.6. The lowest BCUT2D eigenvalue weighted by atomic mass is 10.1. The van der Waals surface area contributed by atoms with E-state index in [4.69, 9.17) is 14.2 Å². The number of carbonyl (C=O) groups is 2. The molecule has 0 aromatic carbocycles. The Morgan fingerprint density at radius 3 is 1.14 bits per heavy atom. The number of ether oxygens (including phenoxy) is 3. The molecule has 0 saturated carbocycles. The largest absolute Gasteiger partial charge is 0.462 e. The minimum Gasteiger partial charge on any atom is -0.462 e. The van der Waals surface area contributed by atoms with Crippen LogP contribution in [0, 0.1) is 0 Å². The second kappa shape index (κ2) is 47.8. The Morgan fingerprint density at radius 2 is 0.714 bits per heavy atom. The van der Waals surface area contributed by atoms with E-state index in [0.717, 1.165) is 51.4 Å². The van der Waals surface area contributed by atoms with Gasteiger partial charge < -0.3 is 14.2 Å². The van der Waals surface area contributed by atoms with E-state index in [9.17, 15) is 9.59 Å². The maximum atomic E-state index is 12.7. The number of allylic oxidation sites excluding steroid dienone is 4. The van der Waals surface area contributed by atoms with Crippen molar-refractivity contribution in [1.29, 1.82) is 0 Å². The minimum atomic E-state index is -0.532. The van der Waals surface area contributed by atoms with Crippen molar-refractivity contribution in [2.75, 3.05) is 19.8 Å². The van der Waals surface area contributed by atoms with Gasteiger partial charge in [-0.3, -0.25) is 9.59 Å². The quantitative estimate of drug-likeness (QED) is 0.0349. The Balaban J connectivity index is 4.18. The van der Waals surface area contributed by atoms with Crippen molar-refractivity contribution in [3.05, 3.63) is 24.3 Å². The third-order valence-electron chi connectivity index (χ3n) is 11.0.